The molecule has 1 fully saturated rings. The fourth-order valence-electron chi connectivity index (χ4n) is 0.952. The molecule has 0 bridgehead atoms. The second-order valence-corrected chi connectivity index (χ2v) is 2.98. The van der Waals surface area contributed by atoms with Crippen molar-refractivity contribution in [2.75, 3.05) is 11.9 Å². The predicted molar refractivity (Wildman–Crippen MR) is 37.3 cm³/mol. The SMILES string of the molecule is C[C@H]1CCO[C@H]1CBr. The van der Waals surface area contributed by atoms with Crippen LogP contribution >= 0.6 is 15.9 Å². The molecule has 48 valence electrons. The third kappa shape index (κ3) is 1.23. The summed E-state index contributed by atoms with van der Waals surface area (Å²) in [6.45, 7) is 3.19. The lowest BCUT2D eigenvalue weighted by atomic mass is 10.1. The van der Waals surface area contributed by atoms with E-state index in [0.717, 1.165) is 17.9 Å². The van der Waals surface area contributed by atoms with Gasteiger partial charge in [-0.2, -0.15) is 0 Å². The Balaban J connectivity index is 2.30. The zero-order valence-corrected chi connectivity index (χ0v) is 6.65. The summed E-state index contributed by atoms with van der Waals surface area (Å²) >= 11 is 3.39. The van der Waals surface area contributed by atoms with Gasteiger partial charge in [0, 0.05) is 11.9 Å². The minimum atomic E-state index is 0.481. The normalized spacial score (nSPS) is 38.2. The van der Waals surface area contributed by atoms with Crippen LogP contribution in [0.15, 0.2) is 0 Å². The summed E-state index contributed by atoms with van der Waals surface area (Å²) in [5.74, 6) is 0.759. The summed E-state index contributed by atoms with van der Waals surface area (Å²) < 4.78 is 5.37. The van der Waals surface area contributed by atoms with Crippen LogP contribution in [0.25, 0.3) is 0 Å². The first-order chi connectivity index (χ1) is 3.84. The van der Waals surface area contributed by atoms with E-state index in [0.29, 0.717) is 6.10 Å². The van der Waals surface area contributed by atoms with Crippen LogP contribution in [0.3, 0.4) is 0 Å². The first kappa shape index (κ1) is 6.56. The van der Waals surface area contributed by atoms with Crippen molar-refractivity contribution in [3.8, 4) is 0 Å². The predicted octanol–water partition coefficient (Wildman–Crippen LogP) is 1.81. The number of hydrogen-bond donors (Lipinski definition) is 0. The van der Waals surface area contributed by atoms with Gasteiger partial charge in [-0.3, -0.25) is 0 Å². The molecule has 0 amide bonds. The van der Waals surface area contributed by atoms with Gasteiger partial charge >= 0.3 is 0 Å². The first-order valence-electron chi connectivity index (χ1n) is 3.02. The highest BCUT2D eigenvalue weighted by atomic mass is 79.9. The van der Waals surface area contributed by atoms with Gasteiger partial charge in [0.15, 0.2) is 0 Å². The number of halogens is 1. The average molecular weight is 179 g/mol. The van der Waals surface area contributed by atoms with Crippen LogP contribution in [0, 0.1) is 5.92 Å². The topological polar surface area (TPSA) is 9.23 Å². The summed E-state index contributed by atoms with van der Waals surface area (Å²) in [7, 11) is 0. The molecule has 1 aliphatic heterocycles. The molecule has 0 unspecified atom stereocenters. The second-order valence-electron chi connectivity index (χ2n) is 2.33. The van der Waals surface area contributed by atoms with E-state index in [4.69, 9.17) is 4.74 Å². The number of rotatable bonds is 1. The van der Waals surface area contributed by atoms with Crippen molar-refractivity contribution >= 4 is 15.9 Å². The Morgan fingerprint density at radius 3 is 2.75 bits per heavy atom. The van der Waals surface area contributed by atoms with Gasteiger partial charge < -0.3 is 4.74 Å². The summed E-state index contributed by atoms with van der Waals surface area (Å²) in [5.41, 5.74) is 0. The van der Waals surface area contributed by atoms with Gasteiger partial charge in [0.05, 0.1) is 6.10 Å². The fraction of sp³-hybridized carbons (Fsp3) is 1.00. The van der Waals surface area contributed by atoms with Crippen molar-refractivity contribution in [2.24, 2.45) is 5.92 Å². The minimum absolute atomic E-state index is 0.481. The largest absolute Gasteiger partial charge is 0.377 e. The van der Waals surface area contributed by atoms with Crippen LogP contribution in [0.2, 0.25) is 0 Å². The second kappa shape index (κ2) is 2.83. The molecule has 0 N–H and O–H groups in total. The molecule has 0 radical (unpaired) electrons. The van der Waals surface area contributed by atoms with E-state index in [2.05, 4.69) is 22.9 Å². The van der Waals surface area contributed by atoms with E-state index in [-0.39, 0.29) is 0 Å². The van der Waals surface area contributed by atoms with Crippen molar-refractivity contribution < 1.29 is 4.74 Å². The van der Waals surface area contributed by atoms with Crippen LogP contribution in [-0.2, 0) is 4.74 Å². The van der Waals surface area contributed by atoms with E-state index in [1.807, 2.05) is 0 Å². The maximum absolute atomic E-state index is 5.37. The lowest BCUT2D eigenvalue weighted by Crippen LogP contribution is -2.13. The molecule has 0 saturated carbocycles. The van der Waals surface area contributed by atoms with Gasteiger partial charge in [-0.05, 0) is 12.3 Å². The molecule has 8 heavy (non-hydrogen) atoms. The lowest BCUT2D eigenvalue weighted by Gasteiger charge is -2.08. The lowest BCUT2D eigenvalue weighted by molar-refractivity contribution is 0.114. The number of hydrogen-bond acceptors (Lipinski definition) is 1. The Bertz CT molecular complexity index is 74.9. The van der Waals surface area contributed by atoms with Crippen molar-refractivity contribution in [3.05, 3.63) is 0 Å². The van der Waals surface area contributed by atoms with Gasteiger partial charge in [-0.15, -0.1) is 0 Å². The first-order valence-corrected chi connectivity index (χ1v) is 4.14. The highest BCUT2D eigenvalue weighted by Gasteiger charge is 2.22. The van der Waals surface area contributed by atoms with Crippen molar-refractivity contribution in [3.63, 3.8) is 0 Å². The molecule has 1 nitrogen and oxygen atoms in total. The van der Waals surface area contributed by atoms with Gasteiger partial charge in [0.2, 0.25) is 0 Å². The maximum atomic E-state index is 5.37. The fourth-order valence-corrected chi connectivity index (χ4v) is 1.78. The van der Waals surface area contributed by atoms with Crippen LogP contribution in [0.1, 0.15) is 13.3 Å². The Morgan fingerprint density at radius 1 is 1.75 bits per heavy atom. The number of ether oxygens (including phenoxy) is 1. The van der Waals surface area contributed by atoms with Gasteiger partial charge in [-0.1, -0.05) is 22.9 Å². The molecule has 1 heterocycles. The third-order valence-corrected chi connectivity index (χ3v) is 2.33. The smallest absolute Gasteiger partial charge is 0.0698 e. The van der Waals surface area contributed by atoms with E-state index in [1.54, 1.807) is 0 Å². The molecule has 2 heteroatoms. The molecule has 0 aromatic heterocycles. The van der Waals surface area contributed by atoms with E-state index in [9.17, 15) is 0 Å². The molecule has 0 aromatic carbocycles. The van der Waals surface area contributed by atoms with Gasteiger partial charge in [0.1, 0.15) is 0 Å². The summed E-state index contributed by atoms with van der Waals surface area (Å²) in [5, 5.41) is 0.994. The van der Waals surface area contributed by atoms with Gasteiger partial charge in [0.25, 0.3) is 0 Å². The zero-order chi connectivity index (χ0) is 5.98. The van der Waals surface area contributed by atoms with Crippen molar-refractivity contribution in [1.82, 2.24) is 0 Å². The van der Waals surface area contributed by atoms with Crippen molar-refractivity contribution in [1.29, 1.82) is 0 Å². The monoisotopic (exact) mass is 178 g/mol. The molecular weight excluding hydrogens is 168 g/mol. The van der Waals surface area contributed by atoms with Crippen LogP contribution in [-0.4, -0.2) is 18.0 Å². The third-order valence-electron chi connectivity index (χ3n) is 1.69. The van der Waals surface area contributed by atoms with Gasteiger partial charge in [-0.25, -0.2) is 0 Å². The Morgan fingerprint density at radius 2 is 2.50 bits per heavy atom. The Kier molecular flexibility index (Phi) is 2.32. The maximum Gasteiger partial charge on any atom is 0.0698 e. The molecule has 0 aromatic rings. The summed E-state index contributed by atoms with van der Waals surface area (Å²) in [6.07, 6.45) is 1.71. The molecule has 1 saturated heterocycles. The van der Waals surface area contributed by atoms with Crippen LogP contribution < -0.4 is 0 Å². The van der Waals surface area contributed by atoms with E-state index in [1.165, 1.54) is 6.42 Å². The highest BCUT2D eigenvalue weighted by molar-refractivity contribution is 9.09. The zero-order valence-electron chi connectivity index (χ0n) is 5.06. The molecule has 1 aliphatic rings. The number of alkyl halides is 1. The highest BCUT2D eigenvalue weighted by Crippen LogP contribution is 2.20. The van der Waals surface area contributed by atoms with Crippen LogP contribution in [0.5, 0.6) is 0 Å². The Labute approximate surface area is 58.5 Å². The minimum Gasteiger partial charge on any atom is -0.377 e. The molecule has 0 aliphatic carbocycles. The van der Waals surface area contributed by atoms with E-state index >= 15 is 0 Å². The summed E-state index contributed by atoms with van der Waals surface area (Å²) in [4.78, 5) is 0. The van der Waals surface area contributed by atoms with E-state index < -0.39 is 0 Å². The standard InChI is InChI=1S/C6H11BrO/c1-5-2-3-8-6(5)4-7/h5-6H,2-4H2,1H3/t5-,6-/m0/s1. The van der Waals surface area contributed by atoms with Crippen molar-refractivity contribution in [2.45, 2.75) is 19.4 Å². The summed E-state index contributed by atoms with van der Waals surface area (Å²) in [6, 6.07) is 0. The molecule has 2 atom stereocenters. The van der Waals surface area contributed by atoms with Crippen LogP contribution in [0.4, 0.5) is 0 Å². The molecule has 0 spiro atoms. The Hall–Kier alpha value is 0.440. The average Bonchev–Trinajstić information content (AvgIpc) is 2.14. The molecular formula is C6H11BrO. The quantitative estimate of drug-likeness (QED) is 0.557. The molecule has 1 rings (SSSR count).